The maximum atomic E-state index is 12.1. The van der Waals surface area contributed by atoms with Crippen molar-refractivity contribution in [3.8, 4) is 0 Å². The third-order valence-electron chi connectivity index (χ3n) is 3.29. The molecule has 0 spiro atoms. The molecule has 1 atom stereocenters. The molecule has 100 valence electrons. The zero-order valence-corrected chi connectivity index (χ0v) is 11.9. The summed E-state index contributed by atoms with van der Waals surface area (Å²) < 4.78 is 0.0713. The van der Waals surface area contributed by atoms with Crippen LogP contribution in [-0.2, 0) is 17.8 Å². The van der Waals surface area contributed by atoms with Crippen molar-refractivity contribution in [2.75, 3.05) is 12.8 Å². The molecule has 1 unspecified atom stereocenters. The highest BCUT2D eigenvalue weighted by Crippen LogP contribution is 2.19. The maximum absolute atomic E-state index is 12.1. The second-order valence-electron chi connectivity index (χ2n) is 5.15. The van der Waals surface area contributed by atoms with Gasteiger partial charge in [0.25, 0.3) is 0 Å². The number of rotatable bonds is 4. The molecule has 0 aromatic carbocycles. The lowest BCUT2D eigenvalue weighted by Crippen LogP contribution is -2.50. The Morgan fingerprint density at radius 1 is 1.67 bits per heavy atom. The molecule has 0 fully saturated rings. The fourth-order valence-corrected chi connectivity index (χ4v) is 2.07. The molecule has 1 aromatic heterocycles. The van der Waals surface area contributed by atoms with E-state index >= 15 is 0 Å². The molecule has 5 nitrogen and oxygen atoms in total. The molecule has 1 aliphatic heterocycles. The van der Waals surface area contributed by atoms with Crippen LogP contribution in [0.1, 0.15) is 25.2 Å². The topological polar surface area (TPSA) is 69.8 Å². The monoisotopic (exact) mass is 268 g/mol. The van der Waals surface area contributed by atoms with Gasteiger partial charge in [0, 0.05) is 24.3 Å². The van der Waals surface area contributed by atoms with Gasteiger partial charge in [-0.15, -0.1) is 0 Å². The number of aromatic amines is 1. The Morgan fingerprint density at radius 3 is 3.17 bits per heavy atom. The van der Waals surface area contributed by atoms with Crippen LogP contribution in [-0.4, -0.2) is 39.5 Å². The minimum absolute atomic E-state index is 0.0609. The largest absolute Gasteiger partial charge is 0.353 e. The fraction of sp³-hybridized carbons (Fsp3) is 0.667. The first kappa shape index (κ1) is 13.4. The Kier molecular flexibility index (Phi) is 3.97. The van der Waals surface area contributed by atoms with Gasteiger partial charge in [-0.3, -0.25) is 10.1 Å². The lowest BCUT2D eigenvalue weighted by atomic mass is 10.0. The van der Waals surface area contributed by atoms with Crippen LogP contribution in [0.3, 0.4) is 0 Å². The van der Waals surface area contributed by atoms with E-state index in [1.807, 2.05) is 0 Å². The van der Waals surface area contributed by atoms with Gasteiger partial charge in [0.1, 0.15) is 0 Å². The van der Waals surface area contributed by atoms with Gasteiger partial charge in [0.15, 0.2) is 0 Å². The van der Waals surface area contributed by atoms with Crippen LogP contribution in [0.15, 0.2) is 6.33 Å². The van der Waals surface area contributed by atoms with Crippen LogP contribution in [0, 0.1) is 0 Å². The molecule has 0 saturated heterocycles. The first-order valence-electron chi connectivity index (χ1n) is 6.09. The number of fused-ring (bicyclic) bond motifs is 1. The number of nitrogens with one attached hydrogen (secondary N) is 3. The van der Waals surface area contributed by atoms with Crippen LogP contribution in [0.4, 0.5) is 0 Å². The molecule has 0 bridgehead atoms. The van der Waals surface area contributed by atoms with Gasteiger partial charge in [0.2, 0.25) is 5.91 Å². The third kappa shape index (κ3) is 3.05. The van der Waals surface area contributed by atoms with Crippen molar-refractivity contribution in [1.29, 1.82) is 0 Å². The molecule has 1 aliphatic rings. The summed E-state index contributed by atoms with van der Waals surface area (Å²) in [7, 11) is 0. The van der Waals surface area contributed by atoms with Gasteiger partial charge in [-0.25, -0.2) is 4.98 Å². The van der Waals surface area contributed by atoms with E-state index in [1.165, 1.54) is 0 Å². The Bertz CT molecular complexity index is 429. The number of thioether (sulfide) groups is 1. The predicted molar refractivity (Wildman–Crippen MR) is 73.5 cm³/mol. The van der Waals surface area contributed by atoms with Crippen LogP contribution in [0.5, 0.6) is 0 Å². The summed E-state index contributed by atoms with van der Waals surface area (Å²) in [4.78, 5) is 19.4. The molecule has 18 heavy (non-hydrogen) atoms. The van der Waals surface area contributed by atoms with Gasteiger partial charge in [-0.1, -0.05) is 0 Å². The lowest BCUT2D eigenvalue weighted by molar-refractivity contribution is -0.123. The molecule has 1 aromatic rings. The molecular formula is C12H20N4OS. The molecule has 2 heterocycles. The standard InChI is InChI=1S/C12H20N4OS/c1-12(2,18-3)6-14-11(17)9-4-8-10(5-13-9)16-7-15-8/h7,9,13H,4-6H2,1-3H3,(H,14,17)(H,15,16). The quantitative estimate of drug-likeness (QED) is 0.751. The van der Waals surface area contributed by atoms with E-state index in [2.05, 4.69) is 40.7 Å². The van der Waals surface area contributed by atoms with Gasteiger partial charge < -0.3 is 10.3 Å². The predicted octanol–water partition coefficient (Wildman–Crippen LogP) is 0.682. The van der Waals surface area contributed by atoms with Crippen LogP contribution >= 0.6 is 11.8 Å². The SMILES string of the molecule is CSC(C)(C)CNC(=O)C1Cc2nc[nH]c2CN1. The summed E-state index contributed by atoms with van der Waals surface area (Å²) in [5.41, 5.74) is 2.08. The average Bonchev–Trinajstić information content (AvgIpc) is 2.83. The van der Waals surface area contributed by atoms with E-state index in [9.17, 15) is 4.79 Å². The normalized spacial score (nSPS) is 19.4. The zero-order chi connectivity index (χ0) is 13.2. The number of carbonyl (C=O) groups is 1. The molecule has 0 radical (unpaired) electrons. The summed E-state index contributed by atoms with van der Waals surface area (Å²) in [6.07, 6.45) is 4.40. The molecule has 0 saturated carbocycles. The van der Waals surface area contributed by atoms with Crippen molar-refractivity contribution in [2.24, 2.45) is 0 Å². The number of nitrogens with zero attached hydrogens (tertiary/aromatic N) is 1. The number of amides is 1. The van der Waals surface area contributed by atoms with Crippen molar-refractivity contribution < 1.29 is 4.79 Å². The number of carbonyl (C=O) groups excluding carboxylic acids is 1. The number of H-pyrrole nitrogens is 1. The maximum Gasteiger partial charge on any atom is 0.237 e. The average molecular weight is 268 g/mol. The Labute approximate surface area is 112 Å². The van der Waals surface area contributed by atoms with Crippen molar-refractivity contribution in [3.05, 3.63) is 17.7 Å². The summed E-state index contributed by atoms with van der Waals surface area (Å²) in [5.74, 6) is 0.0609. The van der Waals surface area contributed by atoms with E-state index in [4.69, 9.17) is 0 Å². The van der Waals surface area contributed by atoms with Crippen molar-refractivity contribution in [1.82, 2.24) is 20.6 Å². The summed E-state index contributed by atoms with van der Waals surface area (Å²) >= 11 is 1.75. The number of hydrogen-bond acceptors (Lipinski definition) is 4. The van der Waals surface area contributed by atoms with Crippen molar-refractivity contribution >= 4 is 17.7 Å². The number of aromatic nitrogens is 2. The van der Waals surface area contributed by atoms with Gasteiger partial charge in [-0.05, 0) is 20.1 Å². The van der Waals surface area contributed by atoms with Crippen LogP contribution in [0.25, 0.3) is 0 Å². The highest BCUT2D eigenvalue weighted by atomic mass is 32.2. The first-order chi connectivity index (χ1) is 8.52. The zero-order valence-electron chi connectivity index (χ0n) is 11.0. The minimum atomic E-state index is -0.168. The van der Waals surface area contributed by atoms with Crippen LogP contribution in [0.2, 0.25) is 0 Å². The third-order valence-corrected chi connectivity index (χ3v) is 4.54. The Morgan fingerprint density at radius 2 is 2.44 bits per heavy atom. The Hall–Kier alpha value is -1.01. The lowest BCUT2D eigenvalue weighted by Gasteiger charge is -2.26. The van der Waals surface area contributed by atoms with Gasteiger partial charge in [0.05, 0.1) is 23.8 Å². The molecule has 2 rings (SSSR count). The number of imidazole rings is 1. The number of hydrogen-bond donors (Lipinski definition) is 3. The first-order valence-corrected chi connectivity index (χ1v) is 7.32. The molecular weight excluding hydrogens is 248 g/mol. The van der Waals surface area contributed by atoms with Crippen molar-refractivity contribution in [2.45, 2.75) is 37.6 Å². The highest BCUT2D eigenvalue weighted by molar-refractivity contribution is 7.99. The second kappa shape index (κ2) is 5.32. The molecule has 3 N–H and O–H groups in total. The van der Waals surface area contributed by atoms with Crippen LogP contribution < -0.4 is 10.6 Å². The van der Waals surface area contributed by atoms with E-state index in [0.29, 0.717) is 19.5 Å². The fourth-order valence-electron chi connectivity index (χ4n) is 1.85. The van der Waals surface area contributed by atoms with Gasteiger partial charge in [-0.2, -0.15) is 11.8 Å². The van der Waals surface area contributed by atoms with E-state index in [1.54, 1.807) is 18.1 Å². The highest BCUT2D eigenvalue weighted by Gasteiger charge is 2.27. The summed E-state index contributed by atoms with van der Waals surface area (Å²) in [6.45, 7) is 5.61. The van der Waals surface area contributed by atoms with E-state index < -0.39 is 0 Å². The molecule has 6 heteroatoms. The van der Waals surface area contributed by atoms with E-state index in [-0.39, 0.29) is 16.7 Å². The molecule has 0 aliphatic carbocycles. The van der Waals surface area contributed by atoms with Gasteiger partial charge >= 0.3 is 0 Å². The summed E-state index contributed by atoms with van der Waals surface area (Å²) in [6, 6.07) is -0.168. The smallest absolute Gasteiger partial charge is 0.237 e. The summed E-state index contributed by atoms with van der Waals surface area (Å²) in [5, 5.41) is 6.23. The van der Waals surface area contributed by atoms with E-state index in [0.717, 1.165) is 11.4 Å². The Balaban J connectivity index is 1.88. The minimum Gasteiger partial charge on any atom is -0.353 e. The second-order valence-corrected chi connectivity index (χ2v) is 6.66. The van der Waals surface area contributed by atoms with Crippen molar-refractivity contribution in [3.63, 3.8) is 0 Å². The molecule has 1 amide bonds.